The van der Waals surface area contributed by atoms with E-state index in [1.165, 1.54) is 5.56 Å². The number of carbonyl (C=O) groups is 1. The molecule has 0 aliphatic heterocycles. The second-order valence-electron chi connectivity index (χ2n) is 5.55. The lowest BCUT2D eigenvalue weighted by Crippen LogP contribution is -2.03. The Bertz CT molecular complexity index is 770. The highest BCUT2D eigenvalue weighted by molar-refractivity contribution is 6.11. The van der Waals surface area contributed by atoms with Crippen LogP contribution in [0.15, 0.2) is 36.5 Å². The van der Waals surface area contributed by atoms with Crippen molar-refractivity contribution in [2.45, 2.75) is 26.7 Å². The van der Waals surface area contributed by atoms with E-state index in [4.69, 9.17) is 4.74 Å². The molecule has 3 rings (SSSR count). The van der Waals surface area contributed by atoms with Gasteiger partial charge in [-0.2, -0.15) is 0 Å². The molecule has 1 aromatic heterocycles. The number of rotatable bonds is 3. The van der Waals surface area contributed by atoms with Crippen LogP contribution >= 0.6 is 0 Å². The van der Waals surface area contributed by atoms with Crippen molar-refractivity contribution in [1.82, 2.24) is 4.98 Å². The van der Waals surface area contributed by atoms with Crippen molar-refractivity contribution in [3.63, 3.8) is 0 Å². The first-order valence-electron chi connectivity index (χ1n) is 7.32. The highest BCUT2D eigenvalue weighted by Crippen LogP contribution is 2.35. The molecule has 21 heavy (non-hydrogen) atoms. The summed E-state index contributed by atoms with van der Waals surface area (Å²) >= 11 is 0. The van der Waals surface area contributed by atoms with Gasteiger partial charge in [0.25, 0.3) is 0 Å². The van der Waals surface area contributed by atoms with E-state index in [0.717, 1.165) is 22.0 Å². The van der Waals surface area contributed by atoms with E-state index in [1.54, 1.807) is 6.20 Å². The SMILES string of the molecule is CCOC(=O)c1c[nH]c2c3ccc(C(C)C)ccc-3cc12. The lowest BCUT2D eigenvalue weighted by molar-refractivity contribution is 0.0529. The third-order valence-corrected chi connectivity index (χ3v) is 3.86. The van der Waals surface area contributed by atoms with Crippen LogP contribution in [-0.4, -0.2) is 17.6 Å². The predicted molar refractivity (Wildman–Crippen MR) is 85.0 cm³/mol. The number of carbonyl (C=O) groups excluding carboxylic acids is 1. The molecular formula is C18H19NO2. The summed E-state index contributed by atoms with van der Waals surface area (Å²) in [6.07, 6.45) is 1.73. The lowest BCUT2D eigenvalue weighted by Gasteiger charge is -1.99. The molecule has 0 bridgehead atoms. The summed E-state index contributed by atoms with van der Waals surface area (Å²) in [5.41, 5.74) is 5.17. The second-order valence-corrected chi connectivity index (χ2v) is 5.55. The molecule has 3 nitrogen and oxygen atoms in total. The van der Waals surface area contributed by atoms with Gasteiger partial charge < -0.3 is 9.72 Å². The van der Waals surface area contributed by atoms with Crippen LogP contribution in [0.1, 0.15) is 42.6 Å². The molecule has 0 spiro atoms. The zero-order valence-corrected chi connectivity index (χ0v) is 12.6. The zero-order chi connectivity index (χ0) is 15.0. The fourth-order valence-corrected chi connectivity index (χ4v) is 2.69. The quantitative estimate of drug-likeness (QED) is 0.714. The molecule has 2 aliphatic rings. The Hall–Kier alpha value is -2.29. The molecule has 0 unspecified atom stereocenters. The summed E-state index contributed by atoms with van der Waals surface area (Å²) < 4.78 is 5.10. The maximum absolute atomic E-state index is 12.0. The van der Waals surface area contributed by atoms with Crippen LogP contribution in [0.4, 0.5) is 0 Å². The summed E-state index contributed by atoms with van der Waals surface area (Å²) in [6, 6.07) is 10.6. The van der Waals surface area contributed by atoms with Crippen molar-refractivity contribution >= 4 is 16.9 Å². The normalized spacial score (nSPS) is 11.4. The maximum atomic E-state index is 12.0. The topological polar surface area (TPSA) is 42.1 Å². The average molecular weight is 281 g/mol. The van der Waals surface area contributed by atoms with E-state index in [1.807, 2.05) is 6.92 Å². The Kier molecular flexibility index (Phi) is 3.42. The minimum atomic E-state index is -0.272. The molecule has 0 fully saturated rings. The van der Waals surface area contributed by atoms with E-state index in [2.05, 4.69) is 49.2 Å². The molecule has 0 amide bonds. The van der Waals surface area contributed by atoms with Crippen LogP contribution in [0.2, 0.25) is 0 Å². The molecule has 0 saturated carbocycles. The minimum Gasteiger partial charge on any atom is -0.462 e. The van der Waals surface area contributed by atoms with Crippen molar-refractivity contribution in [1.29, 1.82) is 0 Å². The molecule has 2 aliphatic carbocycles. The number of fused-ring (bicyclic) bond motifs is 3. The Morgan fingerprint density at radius 3 is 2.71 bits per heavy atom. The summed E-state index contributed by atoms with van der Waals surface area (Å²) in [4.78, 5) is 15.2. The predicted octanol–water partition coefficient (Wildman–Crippen LogP) is 4.57. The van der Waals surface area contributed by atoms with E-state index >= 15 is 0 Å². The molecule has 3 heteroatoms. The first kappa shape index (κ1) is 13.7. The molecule has 1 N–H and O–H groups in total. The van der Waals surface area contributed by atoms with Gasteiger partial charge in [-0.25, -0.2) is 4.79 Å². The molecule has 1 aromatic rings. The summed E-state index contributed by atoms with van der Waals surface area (Å²) in [7, 11) is 0. The molecular weight excluding hydrogens is 262 g/mol. The number of aromatic amines is 1. The minimum absolute atomic E-state index is 0.272. The van der Waals surface area contributed by atoms with Crippen LogP contribution in [0.25, 0.3) is 22.0 Å². The fraction of sp³-hybridized carbons (Fsp3) is 0.278. The monoisotopic (exact) mass is 281 g/mol. The number of nitrogens with one attached hydrogen (secondary N) is 1. The van der Waals surface area contributed by atoms with Gasteiger partial charge in [-0.1, -0.05) is 38.1 Å². The van der Waals surface area contributed by atoms with Crippen molar-refractivity contribution in [3.8, 4) is 11.1 Å². The number of ether oxygens (including phenoxy) is 1. The van der Waals surface area contributed by atoms with Gasteiger partial charge >= 0.3 is 5.97 Å². The van der Waals surface area contributed by atoms with Crippen LogP contribution in [-0.2, 0) is 4.74 Å². The summed E-state index contributed by atoms with van der Waals surface area (Å²) in [5, 5.41) is 0.931. The maximum Gasteiger partial charge on any atom is 0.340 e. The summed E-state index contributed by atoms with van der Waals surface area (Å²) in [6.45, 7) is 6.57. The molecule has 0 aromatic carbocycles. The Morgan fingerprint density at radius 1 is 1.24 bits per heavy atom. The van der Waals surface area contributed by atoms with Gasteiger partial charge in [-0.15, -0.1) is 0 Å². The Morgan fingerprint density at radius 2 is 2.00 bits per heavy atom. The fourth-order valence-electron chi connectivity index (χ4n) is 2.69. The number of aromatic nitrogens is 1. The van der Waals surface area contributed by atoms with Gasteiger partial charge in [0.1, 0.15) is 0 Å². The van der Waals surface area contributed by atoms with Crippen molar-refractivity contribution < 1.29 is 9.53 Å². The van der Waals surface area contributed by atoms with Crippen molar-refractivity contribution in [2.75, 3.05) is 6.61 Å². The Labute approximate surface area is 124 Å². The first-order chi connectivity index (χ1) is 10.1. The van der Waals surface area contributed by atoms with Gasteiger partial charge in [0.05, 0.1) is 17.7 Å². The van der Waals surface area contributed by atoms with Gasteiger partial charge in [0, 0.05) is 17.1 Å². The average Bonchev–Trinajstić information content (AvgIpc) is 2.91. The van der Waals surface area contributed by atoms with Crippen LogP contribution in [0.5, 0.6) is 0 Å². The van der Waals surface area contributed by atoms with Crippen LogP contribution in [0, 0.1) is 0 Å². The van der Waals surface area contributed by atoms with Gasteiger partial charge in [-0.3, -0.25) is 0 Å². The second kappa shape index (κ2) is 5.24. The molecule has 108 valence electrons. The van der Waals surface area contributed by atoms with Gasteiger partial charge in [-0.05, 0) is 30.0 Å². The molecule has 0 radical (unpaired) electrons. The van der Waals surface area contributed by atoms with E-state index in [9.17, 15) is 4.79 Å². The number of esters is 1. The van der Waals surface area contributed by atoms with E-state index < -0.39 is 0 Å². The molecule has 0 saturated heterocycles. The van der Waals surface area contributed by atoms with E-state index in [-0.39, 0.29) is 5.97 Å². The third-order valence-electron chi connectivity index (χ3n) is 3.86. The highest BCUT2D eigenvalue weighted by atomic mass is 16.5. The van der Waals surface area contributed by atoms with Crippen molar-refractivity contribution in [3.05, 3.63) is 47.7 Å². The Balaban J connectivity index is 2.16. The van der Waals surface area contributed by atoms with Gasteiger partial charge in [0.2, 0.25) is 0 Å². The van der Waals surface area contributed by atoms with Crippen LogP contribution in [0.3, 0.4) is 0 Å². The molecule has 0 atom stereocenters. The van der Waals surface area contributed by atoms with Gasteiger partial charge in [0.15, 0.2) is 0 Å². The number of H-pyrrole nitrogens is 1. The first-order valence-corrected chi connectivity index (χ1v) is 7.32. The third kappa shape index (κ3) is 2.29. The number of hydrogen-bond donors (Lipinski definition) is 1. The molecule has 1 heterocycles. The van der Waals surface area contributed by atoms with E-state index in [0.29, 0.717) is 18.1 Å². The smallest absolute Gasteiger partial charge is 0.340 e. The zero-order valence-electron chi connectivity index (χ0n) is 12.6. The van der Waals surface area contributed by atoms with Crippen molar-refractivity contribution in [2.24, 2.45) is 0 Å². The standard InChI is InChI=1S/C18H19NO2/c1-4-21-18(20)16-10-19-17-14-8-7-12(11(2)3)5-6-13(14)9-15(16)17/h5-11,19H,4H2,1-3H3. The van der Waals surface area contributed by atoms with Crippen LogP contribution < -0.4 is 0 Å². The highest BCUT2D eigenvalue weighted by Gasteiger charge is 2.18. The summed E-state index contributed by atoms with van der Waals surface area (Å²) in [5.74, 6) is 0.224. The number of hydrogen-bond acceptors (Lipinski definition) is 2. The largest absolute Gasteiger partial charge is 0.462 e. The lowest BCUT2D eigenvalue weighted by atomic mass is 10.1.